The van der Waals surface area contributed by atoms with Crippen LogP contribution in [0.2, 0.25) is 0 Å². The predicted octanol–water partition coefficient (Wildman–Crippen LogP) is 2.04. The lowest BCUT2D eigenvalue weighted by atomic mass is 9.76. The van der Waals surface area contributed by atoms with Gasteiger partial charge in [-0.05, 0) is 31.6 Å². The molecular weight excluding hydrogens is 244 g/mol. The molecule has 0 unspecified atom stereocenters. The molecule has 1 fully saturated rings. The van der Waals surface area contributed by atoms with Crippen LogP contribution in [0.3, 0.4) is 0 Å². The minimum Gasteiger partial charge on any atom is -0.460 e. The van der Waals surface area contributed by atoms with E-state index < -0.39 is 0 Å². The van der Waals surface area contributed by atoms with E-state index in [4.69, 9.17) is 9.47 Å². The minimum absolute atomic E-state index is 0.278. The third kappa shape index (κ3) is 3.35. The van der Waals surface area contributed by atoms with Crippen LogP contribution in [0.5, 0.6) is 0 Å². The Morgan fingerprint density at radius 1 is 1.47 bits per heavy atom. The van der Waals surface area contributed by atoms with Crippen LogP contribution >= 0.6 is 0 Å². The van der Waals surface area contributed by atoms with Gasteiger partial charge < -0.3 is 9.47 Å². The number of carbonyl (C=O) groups excluding carboxylic acids is 1. The molecule has 0 N–H and O–H groups in total. The number of hydrogen-bond acceptors (Lipinski definition) is 4. The molecule has 0 radical (unpaired) electrons. The van der Waals surface area contributed by atoms with Gasteiger partial charge in [0.1, 0.15) is 12.2 Å². The van der Waals surface area contributed by atoms with E-state index >= 15 is 0 Å². The Morgan fingerprint density at radius 3 is 2.84 bits per heavy atom. The van der Waals surface area contributed by atoms with E-state index in [9.17, 15) is 4.79 Å². The van der Waals surface area contributed by atoms with Crippen LogP contribution in [-0.4, -0.2) is 36.1 Å². The van der Waals surface area contributed by atoms with Gasteiger partial charge in [0.2, 0.25) is 0 Å². The molecule has 0 amide bonds. The predicted molar refractivity (Wildman–Crippen MR) is 71.0 cm³/mol. The van der Waals surface area contributed by atoms with Crippen LogP contribution in [-0.2, 0) is 16.0 Å². The summed E-state index contributed by atoms with van der Waals surface area (Å²) in [5, 5.41) is 4.30. The Bertz CT molecular complexity index is 436. The van der Waals surface area contributed by atoms with Crippen molar-refractivity contribution >= 4 is 5.97 Å². The van der Waals surface area contributed by atoms with Crippen molar-refractivity contribution < 1.29 is 14.3 Å². The van der Waals surface area contributed by atoms with Gasteiger partial charge >= 0.3 is 5.97 Å². The first kappa shape index (κ1) is 14.1. The summed E-state index contributed by atoms with van der Waals surface area (Å²) in [6.45, 7) is 5.79. The molecule has 0 saturated heterocycles. The lowest BCUT2D eigenvalue weighted by molar-refractivity contribution is 0.0387. The second-order valence-electron chi connectivity index (χ2n) is 5.40. The third-order valence-corrected chi connectivity index (χ3v) is 3.75. The van der Waals surface area contributed by atoms with E-state index in [0.717, 1.165) is 18.2 Å². The quantitative estimate of drug-likeness (QED) is 0.584. The van der Waals surface area contributed by atoms with Crippen LogP contribution in [0.15, 0.2) is 6.20 Å². The highest BCUT2D eigenvalue weighted by Crippen LogP contribution is 2.34. The summed E-state index contributed by atoms with van der Waals surface area (Å²) in [6.07, 6.45) is 4.12. The van der Waals surface area contributed by atoms with E-state index in [1.165, 1.54) is 12.8 Å². The summed E-state index contributed by atoms with van der Waals surface area (Å²) in [6, 6.07) is 0. The number of carbonyl (C=O) groups is 1. The van der Waals surface area contributed by atoms with E-state index in [1.807, 2.05) is 11.6 Å². The maximum Gasteiger partial charge on any atom is 0.341 e. The van der Waals surface area contributed by atoms with Crippen LogP contribution < -0.4 is 0 Å². The Morgan fingerprint density at radius 2 is 2.21 bits per heavy atom. The van der Waals surface area contributed by atoms with Gasteiger partial charge in [-0.15, -0.1) is 0 Å². The number of rotatable bonds is 6. The van der Waals surface area contributed by atoms with Crippen molar-refractivity contribution in [2.75, 3.05) is 20.3 Å². The van der Waals surface area contributed by atoms with Crippen LogP contribution in [0, 0.1) is 18.8 Å². The topological polar surface area (TPSA) is 53.4 Å². The summed E-state index contributed by atoms with van der Waals surface area (Å²) in [7, 11) is 1.58. The minimum atomic E-state index is -0.317. The molecule has 5 nitrogen and oxygen atoms in total. The molecule has 0 spiro atoms. The summed E-state index contributed by atoms with van der Waals surface area (Å²) in [4.78, 5) is 11.8. The highest BCUT2D eigenvalue weighted by atomic mass is 16.6. The highest BCUT2D eigenvalue weighted by Gasteiger charge is 2.27. The molecule has 0 aliphatic heterocycles. The number of esters is 1. The molecule has 2 rings (SSSR count). The lowest BCUT2D eigenvalue weighted by Crippen LogP contribution is -2.26. The van der Waals surface area contributed by atoms with E-state index in [-0.39, 0.29) is 12.6 Å². The van der Waals surface area contributed by atoms with Gasteiger partial charge in [0.25, 0.3) is 0 Å². The summed E-state index contributed by atoms with van der Waals surface area (Å²) >= 11 is 0. The first-order valence-corrected chi connectivity index (χ1v) is 6.80. The van der Waals surface area contributed by atoms with Gasteiger partial charge in [-0.3, -0.25) is 4.68 Å². The van der Waals surface area contributed by atoms with Crippen molar-refractivity contribution in [1.82, 2.24) is 9.78 Å². The standard InChI is InChI=1S/C14H22N2O3/c1-10-6-12(7-10)9-16-11(2)13(8-15-16)14(17)19-5-4-18-3/h8,10,12H,4-7,9H2,1-3H3. The number of hydrogen-bond donors (Lipinski definition) is 0. The van der Waals surface area contributed by atoms with Gasteiger partial charge in [0.05, 0.1) is 12.8 Å². The third-order valence-electron chi connectivity index (χ3n) is 3.75. The number of methoxy groups -OCH3 is 1. The Kier molecular flexibility index (Phi) is 4.58. The zero-order valence-corrected chi connectivity index (χ0v) is 11.9. The van der Waals surface area contributed by atoms with Crippen molar-refractivity contribution in [3.05, 3.63) is 17.5 Å². The molecule has 1 aliphatic carbocycles. The normalized spacial score (nSPS) is 22.1. The molecule has 1 aromatic rings. The number of ether oxygens (including phenoxy) is 2. The SMILES string of the molecule is COCCOC(=O)c1cnn(CC2CC(C)C2)c1C. The molecule has 1 aromatic heterocycles. The van der Waals surface area contributed by atoms with Gasteiger partial charge in [-0.25, -0.2) is 4.79 Å². The van der Waals surface area contributed by atoms with E-state index in [0.29, 0.717) is 18.1 Å². The maximum atomic E-state index is 11.8. The Hall–Kier alpha value is -1.36. The smallest absolute Gasteiger partial charge is 0.341 e. The largest absolute Gasteiger partial charge is 0.460 e. The van der Waals surface area contributed by atoms with Crippen molar-refractivity contribution in [1.29, 1.82) is 0 Å². The highest BCUT2D eigenvalue weighted by molar-refractivity contribution is 5.90. The average molecular weight is 266 g/mol. The molecule has 19 heavy (non-hydrogen) atoms. The van der Waals surface area contributed by atoms with Gasteiger partial charge in [0, 0.05) is 19.3 Å². The fourth-order valence-electron chi connectivity index (χ4n) is 2.59. The number of aromatic nitrogens is 2. The maximum absolute atomic E-state index is 11.8. The monoisotopic (exact) mass is 266 g/mol. The number of nitrogens with zero attached hydrogens (tertiary/aromatic N) is 2. The molecule has 1 aliphatic rings. The fraction of sp³-hybridized carbons (Fsp3) is 0.714. The second-order valence-corrected chi connectivity index (χ2v) is 5.40. The molecule has 1 heterocycles. The molecule has 0 bridgehead atoms. The van der Waals surface area contributed by atoms with Crippen LogP contribution in [0.1, 0.15) is 35.8 Å². The average Bonchev–Trinajstić information content (AvgIpc) is 2.69. The molecule has 0 atom stereocenters. The fourth-order valence-corrected chi connectivity index (χ4v) is 2.59. The Labute approximate surface area is 113 Å². The Balaban J connectivity index is 1.91. The first-order valence-electron chi connectivity index (χ1n) is 6.80. The van der Waals surface area contributed by atoms with E-state index in [1.54, 1.807) is 13.3 Å². The lowest BCUT2D eigenvalue weighted by Gasteiger charge is -2.32. The molecule has 106 valence electrons. The van der Waals surface area contributed by atoms with Gasteiger partial charge in [0.15, 0.2) is 0 Å². The van der Waals surface area contributed by atoms with Crippen LogP contribution in [0.4, 0.5) is 0 Å². The second kappa shape index (κ2) is 6.19. The molecule has 0 aromatic carbocycles. The summed E-state index contributed by atoms with van der Waals surface area (Å²) in [5.41, 5.74) is 1.45. The summed E-state index contributed by atoms with van der Waals surface area (Å²) in [5.74, 6) is 1.22. The molecule has 1 saturated carbocycles. The van der Waals surface area contributed by atoms with Crippen molar-refractivity contribution in [3.8, 4) is 0 Å². The van der Waals surface area contributed by atoms with Crippen molar-refractivity contribution in [3.63, 3.8) is 0 Å². The van der Waals surface area contributed by atoms with Crippen molar-refractivity contribution in [2.24, 2.45) is 11.8 Å². The van der Waals surface area contributed by atoms with Gasteiger partial charge in [-0.1, -0.05) is 6.92 Å². The molecule has 5 heteroatoms. The van der Waals surface area contributed by atoms with Crippen molar-refractivity contribution in [2.45, 2.75) is 33.2 Å². The zero-order chi connectivity index (χ0) is 13.8. The van der Waals surface area contributed by atoms with Gasteiger partial charge in [-0.2, -0.15) is 5.10 Å². The van der Waals surface area contributed by atoms with Crippen LogP contribution in [0.25, 0.3) is 0 Å². The van der Waals surface area contributed by atoms with E-state index in [2.05, 4.69) is 12.0 Å². The molecular formula is C14H22N2O3. The zero-order valence-electron chi connectivity index (χ0n) is 11.9. The summed E-state index contributed by atoms with van der Waals surface area (Å²) < 4.78 is 11.9. The first-order chi connectivity index (χ1) is 9.11.